The van der Waals surface area contributed by atoms with Crippen LogP contribution in [0.1, 0.15) is 11.1 Å². The van der Waals surface area contributed by atoms with Crippen LogP contribution in [0.3, 0.4) is 0 Å². The summed E-state index contributed by atoms with van der Waals surface area (Å²) < 4.78 is 27.8. The van der Waals surface area contributed by atoms with E-state index >= 15 is 0 Å². The normalized spacial score (nSPS) is 11.1. The van der Waals surface area contributed by atoms with Crippen LogP contribution in [0.15, 0.2) is 36.4 Å². The second-order valence-corrected chi connectivity index (χ2v) is 5.51. The highest BCUT2D eigenvalue weighted by Crippen LogP contribution is 2.22. The molecule has 0 fully saturated rings. The van der Waals surface area contributed by atoms with Crippen LogP contribution < -0.4 is 11.3 Å². The Morgan fingerprint density at radius 3 is 1.71 bits per heavy atom. The highest BCUT2D eigenvalue weighted by atomic mass is 35.5. The second kappa shape index (κ2) is 7.18. The van der Waals surface area contributed by atoms with Crippen LogP contribution in [0.4, 0.5) is 8.78 Å². The summed E-state index contributed by atoms with van der Waals surface area (Å²) in [6.45, 7) is 0. The van der Waals surface area contributed by atoms with E-state index in [4.69, 9.17) is 29.0 Å². The molecule has 0 radical (unpaired) electrons. The van der Waals surface area contributed by atoms with Gasteiger partial charge in [0.25, 0.3) is 0 Å². The SMILES string of the molecule is NNC(Cc1cccc(Cl)c1F)Cc1cccc(Cl)c1F. The number of halogens is 4. The third kappa shape index (κ3) is 3.92. The number of nitrogens with one attached hydrogen (secondary N) is 1. The molecule has 0 spiro atoms. The summed E-state index contributed by atoms with van der Waals surface area (Å²) in [5, 5.41) is 0.106. The van der Waals surface area contributed by atoms with Gasteiger partial charge in [-0.2, -0.15) is 0 Å². The third-order valence-electron chi connectivity index (χ3n) is 3.23. The van der Waals surface area contributed by atoms with Gasteiger partial charge in [-0.15, -0.1) is 0 Å². The van der Waals surface area contributed by atoms with Crippen molar-refractivity contribution in [3.8, 4) is 0 Å². The van der Waals surface area contributed by atoms with E-state index in [0.717, 1.165) is 0 Å². The van der Waals surface area contributed by atoms with Crippen LogP contribution >= 0.6 is 23.2 Å². The van der Waals surface area contributed by atoms with Crippen molar-refractivity contribution in [3.05, 3.63) is 69.2 Å². The molecule has 0 saturated heterocycles. The highest BCUT2D eigenvalue weighted by Gasteiger charge is 2.16. The number of rotatable bonds is 5. The minimum absolute atomic E-state index is 0.0530. The zero-order valence-corrected chi connectivity index (χ0v) is 12.6. The quantitative estimate of drug-likeness (QED) is 0.644. The molecule has 0 amide bonds. The Morgan fingerprint density at radius 1 is 0.905 bits per heavy atom. The van der Waals surface area contributed by atoms with Crippen LogP contribution in [0.5, 0.6) is 0 Å². The molecular weight excluding hydrogens is 317 g/mol. The maximum absolute atomic E-state index is 13.9. The van der Waals surface area contributed by atoms with Crippen LogP contribution in [-0.4, -0.2) is 6.04 Å². The summed E-state index contributed by atoms with van der Waals surface area (Å²) in [7, 11) is 0. The maximum Gasteiger partial charge on any atom is 0.145 e. The van der Waals surface area contributed by atoms with Crippen molar-refractivity contribution in [1.82, 2.24) is 5.43 Å². The third-order valence-corrected chi connectivity index (χ3v) is 3.82. The standard InChI is InChI=1S/C15H14Cl2F2N2/c16-12-5-1-3-9(14(12)18)7-11(21-20)8-10-4-2-6-13(17)15(10)19/h1-6,11,21H,7-8,20H2. The molecule has 112 valence electrons. The van der Waals surface area contributed by atoms with E-state index in [0.29, 0.717) is 11.1 Å². The Balaban J connectivity index is 2.17. The first-order chi connectivity index (χ1) is 10.0. The lowest BCUT2D eigenvalue weighted by atomic mass is 9.99. The van der Waals surface area contributed by atoms with Gasteiger partial charge in [0.05, 0.1) is 10.0 Å². The summed E-state index contributed by atoms with van der Waals surface area (Å²) in [6.07, 6.45) is 0.573. The van der Waals surface area contributed by atoms with E-state index in [2.05, 4.69) is 5.43 Å². The number of nitrogens with two attached hydrogens (primary N) is 1. The van der Waals surface area contributed by atoms with Gasteiger partial charge in [0.1, 0.15) is 11.6 Å². The molecule has 0 bridgehead atoms. The second-order valence-electron chi connectivity index (χ2n) is 4.70. The Labute approximate surface area is 131 Å². The van der Waals surface area contributed by atoms with Crippen LogP contribution in [-0.2, 0) is 12.8 Å². The minimum atomic E-state index is -0.481. The van der Waals surface area contributed by atoms with Gasteiger partial charge in [-0.1, -0.05) is 47.5 Å². The Kier molecular flexibility index (Phi) is 5.53. The van der Waals surface area contributed by atoms with Crippen molar-refractivity contribution in [1.29, 1.82) is 0 Å². The minimum Gasteiger partial charge on any atom is -0.271 e. The van der Waals surface area contributed by atoms with Crippen LogP contribution in [0.2, 0.25) is 10.0 Å². The van der Waals surface area contributed by atoms with Gasteiger partial charge < -0.3 is 0 Å². The van der Waals surface area contributed by atoms with Crippen LogP contribution in [0, 0.1) is 11.6 Å². The van der Waals surface area contributed by atoms with Crippen molar-refractivity contribution in [3.63, 3.8) is 0 Å². The fourth-order valence-electron chi connectivity index (χ4n) is 2.13. The van der Waals surface area contributed by atoms with E-state index in [1.54, 1.807) is 24.3 Å². The zero-order chi connectivity index (χ0) is 15.4. The molecule has 0 heterocycles. The summed E-state index contributed by atoms with van der Waals surface area (Å²) in [5.74, 6) is 4.52. The van der Waals surface area contributed by atoms with Crippen molar-refractivity contribution in [2.75, 3.05) is 0 Å². The molecule has 0 unspecified atom stereocenters. The van der Waals surface area contributed by atoms with Gasteiger partial charge in [-0.3, -0.25) is 11.3 Å². The largest absolute Gasteiger partial charge is 0.271 e. The number of hydrazine groups is 1. The van der Waals surface area contributed by atoms with Gasteiger partial charge >= 0.3 is 0 Å². The fourth-order valence-corrected chi connectivity index (χ4v) is 2.52. The van der Waals surface area contributed by atoms with Crippen molar-refractivity contribution >= 4 is 23.2 Å². The van der Waals surface area contributed by atoms with Gasteiger partial charge in [0.2, 0.25) is 0 Å². The Bertz CT molecular complexity index is 582. The molecular formula is C15H14Cl2F2N2. The summed E-state index contributed by atoms with van der Waals surface area (Å²) in [5.41, 5.74) is 3.42. The van der Waals surface area contributed by atoms with Crippen molar-refractivity contribution in [2.24, 2.45) is 5.84 Å². The first kappa shape index (κ1) is 16.2. The lowest BCUT2D eigenvalue weighted by Gasteiger charge is -2.17. The molecule has 2 aromatic carbocycles. The summed E-state index contributed by atoms with van der Waals surface area (Å²) >= 11 is 11.5. The molecule has 2 aromatic rings. The molecule has 0 atom stereocenters. The van der Waals surface area contributed by atoms with E-state index < -0.39 is 11.6 Å². The van der Waals surface area contributed by atoms with E-state index in [1.165, 1.54) is 12.1 Å². The first-order valence-electron chi connectivity index (χ1n) is 6.34. The first-order valence-corrected chi connectivity index (χ1v) is 7.10. The van der Waals surface area contributed by atoms with Crippen molar-refractivity contribution < 1.29 is 8.78 Å². The van der Waals surface area contributed by atoms with E-state index in [1.807, 2.05) is 0 Å². The van der Waals surface area contributed by atoms with Gasteiger partial charge in [0.15, 0.2) is 0 Å². The molecule has 0 aliphatic carbocycles. The van der Waals surface area contributed by atoms with Gasteiger partial charge in [-0.05, 0) is 36.1 Å². The molecule has 0 aliphatic rings. The Morgan fingerprint density at radius 2 is 1.33 bits per heavy atom. The molecule has 3 N–H and O–H groups in total. The molecule has 6 heteroatoms. The van der Waals surface area contributed by atoms with Crippen molar-refractivity contribution in [2.45, 2.75) is 18.9 Å². The monoisotopic (exact) mass is 330 g/mol. The van der Waals surface area contributed by atoms with E-state index in [-0.39, 0.29) is 28.9 Å². The van der Waals surface area contributed by atoms with Crippen LogP contribution in [0.25, 0.3) is 0 Å². The smallest absolute Gasteiger partial charge is 0.145 e. The summed E-state index contributed by atoms with van der Waals surface area (Å²) in [4.78, 5) is 0. The van der Waals surface area contributed by atoms with E-state index in [9.17, 15) is 8.78 Å². The molecule has 0 saturated carbocycles. The van der Waals surface area contributed by atoms with Gasteiger partial charge in [-0.25, -0.2) is 8.78 Å². The lowest BCUT2D eigenvalue weighted by Crippen LogP contribution is -2.38. The fraction of sp³-hybridized carbons (Fsp3) is 0.200. The lowest BCUT2D eigenvalue weighted by molar-refractivity contribution is 0.494. The predicted molar refractivity (Wildman–Crippen MR) is 81.3 cm³/mol. The summed E-state index contributed by atoms with van der Waals surface area (Å²) in [6, 6.07) is 9.18. The topological polar surface area (TPSA) is 38.0 Å². The number of hydrogen-bond acceptors (Lipinski definition) is 2. The molecule has 21 heavy (non-hydrogen) atoms. The number of hydrogen-bond donors (Lipinski definition) is 2. The molecule has 2 nitrogen and oxygen atoms in total. The van der Waals surface area contributed by atoms with Gasteiger partial charge in [0, 0.05) is 6.04 Å². The molecule has 0 aliphatic heterocycles. The number of benzene rings is 2. The maximum atomic E-state index is 13.9. The average Bonchev–Trinajstić information content (AvgIpc) is 2.47. The molecule has 2 rings (SSSR count). The molecule has 0 aromatic heterocycles. The predicted octanol–water partition coefficient (Wildman–Crippen LogP) is 3.89. The highest BCUT2D eigenvalue weighted by molar-refractivity contribution is 6.31. The Hall–Kier alpha value is -1.20. The zero-order valence-electron chi connectivity index (χ0n) is 11.0. The average molecular weight is 331 g/mol.